The SMILES string of the molecule is CCNC(=NCCc1noc(-c2ccccn2)n1)NC1CCN(C(=O)C(C)C)C1. The number of hydrogen-bond acceptors (Lipinski definition) is 6. The summed E-state index contributed by atoms with van der Waals surface area (Å²) in [5.74, 6) is 1.98. The predicted octanol–water partition coefficient (Wildman–Crippen LogP) is 1.49. The largest absolute Gasteiger partial charge is 0.357 e. The van der Waals surface area contributed by atoms with Crippen molar-refractivity contribution >= 4 is 11.9 Å². The summed E-state index contributed by atoms with van der Waals surface area (Å²) in [5.41, 5.74) is 0.659. The fourth-order valence-electron chi connectivity index (χ4n) is 3.17. The van der Waals surface area contributed by atoms with Crippen LogP contribution >= 0.6 is 0 Å². The van der Waals surface area contributed by atoms with Gasteiger partial charge < -0.3 is 20.1 Å². The van der Waals surface area contributed by atoms with Gasteiger partial charge in [0.2, 0.25) is 5.91 Å². The van der Waals surface area contributed by atoms with Crippen LogP contribution < -0.4 is 10.6 Å². The fraction of sp³-hybridized carbons (Fsp3) is 0.550. The van der Waals surface area contributed by atoms with E-state index in [1.807, 2.05) is 43.9 Å². The van der Waals surface area contributed by atoms with E-state index in [-0.39, 0.29) is 17.9 Å². The van der Waals surface area contributed by atoms with Gasteiger partial charge >= 0.3 is 0 Å². The van der Waals surface area contributed by atoms with Gasteiger partial charge in [-0.2, -0.15) is 4.98 Å². The Morgan fingerprint density at radius 3 is 3.00 bits per heavy atom. The van der Waals surface area contributed by atoms with Crippen molar-refractivity contribution < 1.29 is 9.32 Å². The van der Waals surface area contributed by atoms with E-state index in [2.05, 4.69) is 30.8 Å². The Balaban J connectivity index is 1.52. The van der Waals surface area contributed by atoms with Gasteiger partial charge in [-0.05, 0) is 25.5 Å². The number of guanidine groups is 1. The summed E-state index contributed by atoms with van der Waals surface area (Å²) in [4.78, 5) is 27.3. The van der Waals surface area contributed by atoms with E-state index in [1.165, 1.54) is 0 Å². The molecule has 1 aliphatic rings. The van der Waals surface area contributed by atoms with Crippen LogP contribution in [0.1, 0.15) is 33.0 Å². The first-order valence-corrected chi connectivity index (χ1v) is 10.1. The van der Waals surface area contributed by atoms with E-state index in [0.717, 1.165) is 25.5 Å². The molecule has 2 aromatic rings. The van der Waals surface area contributed by atoms with Crippen molar-refractivity contribution in [2.45, 2.75) is 39.7 Å². The first-order valence-electron chi connectivity index (χ1n) is 10.1. The highest BCUT2D eigenvalue weighted by Crippen LogP contribution is 2.14. The third-order valence-electron chi connectivity index (χ3n) is 4.64. The van der Waals surface area contributed by atoms with Gasteiger partial charge in [0.1, 0.15) is 5.69 Å². The molecular formula is C20H29N7O2. The molecule has 9 heteroatoms. The second kappa shape index (κ2) is 9.99. The molecule has 1 amide bonds. The molecule has 2 aromatic heterocycles. The smallest absolute Gasteiger partial charge is 0.276 e. The number of aromatic nitrogens is 3. The molecule has 0 aliphatic carbocycles. The molecule has 2 N–H and O–H groups in total. The Hall–Kier alpha value is -2.97. The maximum absolute atomic E-state index is 12.2. The number of amides is 1. The molecule has 1 fully saturated rings. The van der Waals surface area contributed by atoms with Crippen LogP contribution in [0.2, 0.25) is 0 Å². The number of carbonyl (C=O) groups is 1. The van der Waals surface area contributed by atoms with Crippen LogP contribution in [0, 0.1) is 5.92 Å². The lowest BCUT2D eigenvalue weighted by atomic mass is 10.2. The zero-order chi connectivity index (χ0) is 20.6. The summed E-state index contributed by atoms with van der Waals surface area (Å²) >= 11 is 0. The molecular weight excluding hydrogens is 370 g/mol. The minimum absolute atomic E-state index is 0.0293. The Bertz CT molecular complexity index is 819. The molecule has 1 saturated heterocycles. The summed E-state index contributed by atoms with van der Waals surface area (Å²) in [5, 5.41) is 10.7. The number of carbonyl (C=O) groups excluding carboxylic acids is 1. The predicted molar refractivity (Wildman–Crippen MR) is 110 cm³/mol. The van der Waals surface area contributed by atoms with Gasteiger partial charge in [-0.1, -0.05) is 25.1 Å². The van der Waals surface area contributed by atoms with Gasteiger partial charge in [0.05, 0.1) is 0 Å². The van der Waals surface area contributed by atoms with Gasteiger partial charge in [-0.3, -0.25) is 14.8 Å². The van der Waals surface area contributed by atoms with Crippen molar-refractivity contribution in [2.75, 3.05) is 26.2 Å². The van der Waals surface area contributed by atoms with Crippen molar-refractivity contribution in [2.24, 2.45) is 10.9 Å². The minimum Gasteiger partial charge on any atom is -0.357 e. The summed E-state index contributed by atoms with van der Waals surface area (Å²) in [6.07, 6.45) is 3.17. The number of aliphatic imine (C=N–C) groups is 1. The van der Waals surface area contributed by atoms with Crippen LogP contribution in [-0.2, 0) is 11.2 Å². The molecule has 0 aromatic carbocycles. The highest BCUT2D eigenvalue weighted by atomic mass is 16.5. The maximum Gasteiger partial charge on any atom is 0.276 e. The van der Waals surface area contributed by atoms with Gasteiger partial charge in [-0.25, -0.2) is 0 Å². The van der Waals surface area contributed by atoms with Crippen molar-refractivity contribution in [1.82, 2.24) is 30.7 Å². The van der Waals surface area contributed by atoms with Gasteiger partial charge in [0, 0.05) is 50.8 Å². The number of pyridine rings is 1. The van der Waals surface area contributed by atoms with E-state index in [1.54, 1.807) is 6.20 Å². The quantitative estimate of drug-likeness (QED) is 0.536. The van der Waals surface area contributed by atoms with Crippen LogP contribution in [0.3, 0.4) is 0 Å². The second-order valence-electron chi connectivity index (χ2n) is 7.31. The van der Waals surface area contributed by atoms with Crippen LogP contribution in [0.4, 0.5) is 0 Å². The minimum atomic E-state index is 0.0293. The number of rotatable bonds is 7. The first-order chi connectivity index (χ1) is 14.1. The normalized spacial score (nSPS) is 17.0. The van der Waals surface area contributed by atoms with Crippen molar-refractivity contribution in [3.05, 3.63) is 30.2 Å². The molecule has 1 unspecified atom stereocenters. The first kappa shape index (κ1) is 20.8. The monoisotopic (exact) mass is 399 g/mol. The van der Waals surface area contributed by atoms with Gasteiger partial charge in [0.15, 0.2) is 11.8 Å². The van der Waals surface area contributed by atoms with E-state index >= 15 is 0 Å². The fourth-order valence-corrected chi connectivity index (χ4v) is 3.17. The highest BCUT2D eigenvalue weighted by molar-refractivity contribution is 5.81. The van der Waals surface area contributed by atoms with E-state index < -0.39 is 0 Å². The summed E-state index contributed by atoms with van der Waals surface area (Å²) in [6.45, 7) is 8.68. The lowest BCUT2D eigenvalue weighted by Crippen LogP contribution is -2.45. The Morgan fingerprint density at radius 1 is 1.41 bits per heavy atom. The number of hydrogen-bond donors (Lipinski definition) is 2. The molecule has 0 radical (unpaired) electrons. The van der Waals surface area contributed by atoms with Crippen LogP contribution in [-0.4, -0.2) is 64.1 Å². The Kier molecular flexibility index (Phi) is 7.15. The average molecular weight is 399 g/mol. The second-order valence-corrected chi connectivity index (χ2v) is 7.31. The van der Waals surface area contributed by atoms with E-state index in [0.29, 0.717) is 36.9 Å². The Labute approximate surface area is 171 Å². The molecule has 0 saturated carbocycles. The van der Waals surface area contributed by atoms with Crippen molar-refractivity contribution in [3.63, 3.8) is 0 Å². The number of nitrogens with zero attached hydrogens (tertiary/aromatic N) is 5. The van der Waals surface area contributed by atoms with Crippen molar-refractivity contribution in [1.29, 1.82) is 0 Å². The third-order valence-corrected chi connectivity index (χ3v) is 4.64. The summed E-state index contributed by atoms with van der Waals surface area (Å²) in [7, 11) is 0. The van der Waals surface area contributed by atoms with Gasteiger partial charge in [-0.15, -0.1) is 0 Å². The molecule has 3 rings (SSSR count). The zero-order valence-corrected chi connectivity index (χ0v) is 17.3. The summed E-state index contributed by atoms with van der Waals surface area (Å²) < 4.78 is 5.28. The molecule has 3 heterocycles. The molecule has 0 spiro atoms. The standard InChI is InChI=1S/C20H29N7O2/c1-4-21-20(24-15-9-12-27(13-15)19(28)14(2)3)23-11-8-17-25-18(29-26-17)16-7-5-6-10-22-16/h5-7,10,14-15H,4,8-9,11-13H2,1-3H3,(H2,21,23,24). The number of nitrogens with one attached hydrogen (secondary N) is 2. The number of likely N-dealkylation sites (tertiary alicyclic amines) is 1. The molecule has 29 heavy (non-hydrogen) atoms. The van der Waals surface area contributed by atoms with Crippen LogP contribution in [0.5, 0.6) is 0 Å². The average Bonchev–Trinajstić information content (AvgIpc) is 3.38. The molecule has 0 bridgehead atoms. The highest BCUT2D eigenvalue weighted by Gasteiger charge is 2.27. The molecule has 9 nitrogen and oxygen atoms in total. The van der Waals surface area contributed by atoms with Gasteiger partial charge in [0.25, 0.3) is 5.89 Å². The lowest BCUT2D eigenvalue weighted by molar-refractivity contribution is -0.133. The van der Waals surface area contributed by atoms with Crippen LogP contribution in [0.15, 0.2) is 33.9 Å². The molecule has 1 aliphatic heterocycles. The molecule has 1 atom stereocenters. The Morgan fingerprint density at radius 2 is 2.28 bits per heavy atom. The lowest BCUT2D eigenvalue weighted by Gasteiger charge is -2.20. The topological polar surface area (TPSA) is 109 Å². The van der Waals surface area contributed by atoms with E-state index in [4.69, 9.17) is 4.52 Å². The summed E-state index contributed by atoms with van der Waals surface area (Å²) in [6, 6.07) is 5.75. The third kappa shape index (κ3) is 5.75. The molecule has 156 valence electrons. The maximum atomic E-state index is 12.2. The van der Waals surface area contributed by atoms with Crippen LogP contribution in [0.25, 0.3) is 11.6 Å². The zero-order valence-electron chi connectivity index (χ0n) is 17.3. The van der Waals surface area contributed by atoms with Crippen molar-refractivity contribution in [3.8, 4) is 11.6 Å². The van der Waals surface area contributed by atoms with E-state index in [9.17, 15) is 4.79 Å².